The number of halogens is 2. The minimum absolute atomic E-state index is 0.283. The Hall–Kier alpha value is -2.33. The first-order valence-corrected chi connectivity index (χ1v) is 11.5. The van der Waals surface area contributed by atoms with Crippen LogP contribution in [0.25, 0.3) is 0 Å². The molecule has 0 unspecified atom stereocenters. The van der Waals surface area contributed by atoms with Crippen LogP contribution in [0.3, 0.4) is 0 Å². The molecule has 0 radical (unpaired) electrons. The van der Waals surface area contributed by atoms with Gasteiger partial charge in [-0.1, -0.05) is 48.2 Å². The number of nitrogens with one attached hydrogen (secondary N) is 1. The van der Waals surface area contributed by atoms with Gasteiger partial charge in [-0.25, -0.2) is 4.40 Å². The van der Waals surface area contributed by atoms with Crippen molar-refractivity contribution in [2.45, 2.75) is 19.8 Å². The predicted octanol–water partition coefficient (Wildman–Crippen LogP) is 5.22. The van der Waals surface area contributed by atoms with Crippen molar-refractivity contribution in [3.63, 3.8) is 0 Å². The summed E-state index contributed by atoms with van der Waals surface area (Å²) in [5, 5.41) is 3.69. The number of nitrogens with zero attached hydrogens (tertiary/aromatic N) is 1. The van der Waals surface area contributed by atoms with Crippen molar-refractivity contribution < 1.29 is 14.3 Å². The van der Waals surface area contributed by atoms with Gasteiger partial charge in [0.1, 0.15) is 12.3 Å². The first kappa shape index (κ1) is 24.9. The minimum atomic E-state index is -0.283. The molecule has 0 aliphatic rings. The number of ether oxygens (including phenoxy) is 2. The summed E-state index contributed by atoms with van der Waals surface area (Å²) in [6.07, 6.45) is 3.19. The molecule has 5 nitrogen and oxygen atoms in total. The minimum Gasteiger partial charge on any atom is -0.493 e. The number of hydrogen-bond acceptors (Lipinski definition) is 5. The number of hydrogen-bond donors (Lipinski definition) is 1. The Morgan fingerprint density at radius 3 is 2.61 bits per heavy atom. The maximum Gasteiger partial charge on any atom is 0.271 e. The third-order valence-electron chi connectivity index (χ3n) is 4.12. The molecule has 0 spiro atoms. The average Bonchev–Trinajstić information content (AvgIpc) is 2.77. The SMILES string of the molecule is CCC#CCOc1ccc(CCNC(=O)C(=NSC)c2ccc(Cl)c(Cl)c2)cc1OC. The van der Waals surface area contributed by atoms with Crippen LogP contribution in [0.15, 0.2) is 40.8 Å². The Bertz CT molecular complexity index is 1000. The van der Waals surface area contributed by atoms with Crippen molar-refractivity contribution in [1.82, 2.24) is 5.32 Å². The molecular weight excluding hydrogens is 455 g/mol. The van der Waals surface area contributed by atoms with Gasteiger partial charge in [-0.3, -0.25) is 4.79 Å². The molecule has 0 aromatic heterocycles. The molecule has 8 heteroatoms. The van der Waals surface area contributed by atoms with Crippen LogP contribution in [0.2, 0.25) is 10.0 Å². The van der Waals surface area contributed by atoms with Gasteiger partial charge in [-0.15, -0.1) is 5.92 Å². The lowest BCUT2D eigenvalue weighted by molar-refractivity contribution is -0.114. The van der Waals surface area contributed by atoms with Crippen molar-refractivity contribution in [3.05, 3.63) is 57.6 Å². The Kier molecular flexibility index (Phi) is 10.6. The van der Waals surface area contributed by atoms with E-state index in [4.69, 9.17) is 32.7 Å². The van der Waals surface area contributed by atoms with Crippen LogP contribution in [0.5, 0.6) is 11.5 Å². The zero-order chi connectivity index (χ0) is 22.6. The van der Waals surface area contributed by atoms with Gasteiger partial charge in [0.15, 0.2) is 11.5 Å². The second-order valence-electron chi connectivity index (χ2n) is 6.24. The standard InChI is InChI=1S/C23H24Cl2N2O3S/c1-4-5-6-13-30-20-10-7-16(14-21(20)29-2)11-12-26-23(28)22(27-31-3)17-8-9-18(24)19(25)15-17/h7-10,14-15H,4,11-13H2,1-3H3,(H,26,28). The second kappa shape index (κ2) is 13.2. The van der Waals surface area contributed by atoms with Crippen molar-refractivity contribution in [1.29, 1.82) is 0 Å². The number of rotatable bonds is 9. The van der Waals surface area contributed by atoms with E-state index < -0.39 is 0 Å². The van der Waals surface area contributed by atoms with Gasteiger partial charge in [0.05, 0.1) is 17.2 Å². The molecular formula is C23H24Cl2N2O3S. The third-order valence-corrected chi connectivity index (χ3v) is 5.22. The van der Waals surface area contributed by atoms with Gasteiger partial charge in [0.25, 0.3) is 5.91 Å². The molecule has 164 valence electrons. The third kappa shape index (κ3) is 7.70. The number of amides is 1. The molecule has 1 amide bonds. The normalized spacial score (nSPS) is 10.8. The molecule has 2 rings (SSSR count). The molecule has 2 aromatic carbocycles. The molecule has 0 saturated carbocycles. The summed E-state index contributed by atoms with van der Waals surface area (Å²) in [7, 11) is 1.59. The summed E-state index contributed by atoms with van der Waals surface area (Å²) in [5.74, 6) is 6.87. The molecule has 31 heavy (non-hydrogen) atoms. The van der Waals surface area contributed by atoms with E-state index in [1.54, 1.807) is 31.6 Å². The van der Waals surface area contributed by atoms with E-state index >= 15 is 0 Å². The molecule has 0 fully saturated rings. The van der Waals surface area contributed by atoms with Crippen LogP contribution in [0.1, 0.15) is 24.5 Å². The monoisotopic (exact) mass is 478 g/mol. The zero-order valence-corrected chi connectivity index (χ0v) is 20.0. The number of benzene rings is 2. The highest BCUT2D eigenvalue weighted by Gasteiger charge is 2.15. The van der Waals surface area contributed by atoms with Crippen LogP contribution >= 0.6 is 35.1 Å². The highest BCUT2D eigenvalue weighted by molar-refractivity contribution is 7.97. The molecule has 0 aliphatic heterocycles. The van der Waals surface area contributed by atoms with Crippen LogP contribution < -0.4 is 14.8 Å². The van der Waals surface area contributed by atoms with Gasteiger partial charge < -0.3 is 14.8 Å². The van der Waals surface area contributed by atoms with Crippen molar-refractivity contribution >= 4 is 46.8 Å². The number of methoxy groups -OCH3 is 1. The maximum atomic E-state index is 12.7. The van der Waals surface area contributed by atoms with Crippen molar-refractivity contribution in [3.8, 4) is 23.3 Å². The topological polar surface area (TPSA) is 59.9 Å². The van der Waals surface area contributed by atoms with Crippen molar-refractivity contribution in [2.24, 2.45) is 4.40 Å². The van der Waals surface area contributed by atoms with E-state index in [9.17, 15) is 4.79 Å². The maximum absolute atomic E-state index is 12.7. The Balaban J connectivity index is 2.00. The molecule has 1 N–H and O–H groups in total. The molecule has 0 atom stereocenters. The van der Waals surface area contributed by atoms with Crippen LogP contribution in [0.4, 0.5) is 0 Å². The average molecular weight is 479 g/mol. The number of carbonyl (C=O) groups is 1. The quantitative estimate of drug-likeness (QED) is 0.304. The van der Waals surface area contributed by atoms with Gasteiger partial charge in [-0.2, -0.15) is 0 Å². The fourth-order valence-corrected chi connectivity index (χ4v) is 3.31. The molecule has 0 heterocycles. The molecule has 0 aliphatic carbocycles. The van der Waals surface area contributed by atoms with E-state index in [0.29, 0.717) is 52.4 Å². The smallest absolute Gasteiger partial charge is 0.271 e. The Morgan fingerprint density at radius 1 is 1.13 bits per heavy atom. The summed E-state index contributed by atoms with van der Waals surface area (Å²) in [6.45, 7) is 2.73. The second-order valence-corrected chi connectivity index (χ2v) is 7.60. The van der Waals surface area contributed by atoms with E-state index in [2.05, 4.69) is 21.6 Å². The zero-order valence-electron chi connectivity index (χ0n) is 17.6. The first-order valence-electron chi connectivity index (χ1n) is 9.60. The summed E-state index contributed by atoms with van der Waals surface area (Å²) in [6, 6.07) is 10.7. The molecule has 0 bridgehead atoms. The van der Waals surface area contributed by atoms with Gasteiger partial charge in [0, 0.05) is 24.8 Å². The lowest BCUT2D eigenvalue weighted by Gasteiger charge is -2.12. The Morgan fingerprint density at radius 2 is 1.94 bits per heavy atom. The molecule has 2 aromatic rings. The highest BCUT2D eigenvalue weighted by Crippen LogP contribution is 2.28. The van der Waals surface area contributed by atoms with Crippen LogP contribution in [0, 0.1) is 11.8 Å². The number of carbonyl (C=O) groups excluding carboxylic acids is 1. The largest absolute Gasteiger partial charge is 0.493 e. The van der Waals surface area contributed by atoms with E-state index in [-0.39, 0.29) is 5.91 Å². The van der Waals surface area contributed by atoms with Gasteiger partial charge in [0.2, 0.25) is 0 Å². The van der Waals surface area contributed by atoms with Crippen molar-refractivity contribution in [2.75, 3.05) is 26.5 Å². The lowest BCUT2D eigenvalue weighted by atomic mass is 10.1. The summed E-state index contributed by atoms with van der Waals surface area (Å²) in [4.78, 5) is 12.7. The molecule has 0 saturated heterocycles. The van der Waals surface area contributed by atoms with E-state index in [1.165, 1.54) is 11.9 Å². The fourth-order valence-electron chi connectivity index (χ4n) is 2.64. The van der Waals surface area contributed by atoms with E-state index in [1.807, 2.05) is 25.1 Å². The summed E-state index contributed by atoms with van der Waals surface area (Å²) < 4.78 is 15.3. The van der Waals surface area contributed by atoms with Gasteiger partial charge in [-0.05, 0) is 48.2 Å². The van der Waals surface area contributed by atoms with Crippen LogP contribution in [-0.2, 0) is 11.2 Å². The predicted molar refractivity (Wildman–Crippen MR) is 130 cm³/mol. The summed E-state index contributed by atoms with van der Waals surface area (Å²) >= 11 is 13.2. The highest BCUT2D eigenvalue weighted by atomic mass is 35.5. The van der Waals surface area contributed by atoms with Crippen LogP contribution in [-0.4, -0.2) is 38.1 Å². The lowest BCUT2D eigenvalue weighted by Crippen LogP contribution is -2.33. The fraction of sp³-hybridized carbons (Fsp3) is 0.304. The van der Waals surface area contributed by atoms with E-state index in [0.717, 1.165) is 12.0 Å². The summed E-state index contributed by atoms with van der Waals surface area (Å²) in [5.41, 5.74) is 1.90. The van der Waals surface area contributed by atoms with Gasteiger partial charge >= 0.3 is 0 Å². The Labute approximate surface area is 197 Å². The first-order chi connectivity index (χ1) is 15.0.